The van der Waals surface area contributed by atoms with E-state index in [0.717, 1.165) is 0 Å². The first-order chi connectivity index (χ1) is 4.84. The van der Waals surface area contributed by atoms with Gasteiger partial charge in [0.05, 0.1) is 0 Å². The molecule has 1 rings (SSSR count). The number of nitrogens with one attached hydrogen (secondary N) is 1. The van der Waals surface area contributed by atoms with Crippen molar-refractivity contribution in [2.75, 3.05) is 20.4 Å². The lowest BCUT2D eigenvalue weighted by Crippen LogP contribution is -2.41. The van der Waals surface area contributed by atoms with E-state index in [9.17, 15) is 4.79 Å². The highest BCUT2D eigenvalue weighted by molar-refractivity contribution is 5.76. The topological polar surface area (TPSA) is 41.6 Å². The molecule has 0 fully saturated rings. The van der Waals surface area contributed by atoms with Crippen LogP contribution in [0.15, 0.2) is 12.3 Å². The van der Waals surface area contributed by atoms with Crippen molar-refractivity contribution in [3.8, 4) is 0 Å². The second-order valence-corrected chi connectivity index (χ2v) is 1.99. The molecule has 0 radical (unpaired) electrons. The quantitative estimate of drug-likeness (QED) is 0.595. The second kappa shape index (κ2) is 3.22. The third kappa shape index (κ3) is 1.48. The molecule has 0 bridgehead atoms. The zero-order valence-electron chi connectivity index (χ0n) is 5.83. The van der Waals surface area contributed by atoms with Crippen LogP contribution in [0.3, 0.4) is 0 Å². The van der Waals surface area contributed by atoms with Crippen LogP contribution in [-0.2, 0) is 4.74 Å². The Balaban J connectivity index is 2.43. The summed E-state index contributed by atoms with van der Waals surface area (Å²) in [7, 11) is 1.56. The standard InChI is InChI=1S/C6H10N2O2/c1-10-5-8-4-2-3-7-6(8)9/h2-3H,4-5H2,1H3,(H,7,9). The SMILES string of the molecule is COCN1CC=CNC1=O. The van der Waals surface area contributed by atoms with E-state index in [1.165, 1.54) is 0 Å². The maximum Gasteiger partial charge on any atom is 0.323 e. The molecule has 0 atom stereocenters. The molecule has 0 aromatic rings. The van der Waals surface area contributed by atoms with Crippen molar-refractivity contribution < 1.29 is 9.53 Å². The highest BCUT2D eigenvalue weighted by Crippen LogP contribution is 1.94. The molecular weight excluding hydrogens is 132 g/mol. The minimum atomic E-state index is -0.107. The Kier molecular flexibility index (Phi) is 2.28. The van der Waals surface area contributed by atoms with Crippen molar-refractivity contribution >= 4 is 6.03 Å². The second-order valence-electron chi connectivity index (χ2n) is 1.99. The molecule has 0 aliphatic carbocycles. The van der Waals surface area contributed by atoms with E-state index in [0.29, 0.717) is 13.3 Å². The molecule has 1 heterocycles. The molecule has 2 amide bonds. The first-order valence-electron chi connectivity index (χ1n) is 3.04. The number of urea groups is 1. The van der Waals surface area contributed by atoms with Gasteiger partial charge in [-0.15, -0.1) is 0 Å². The smallest absolute Gasteiger partial charge is 0.323 e. The van der Waals surface area contributed by atoms with Gasteiger partial charge in [-0.05, 0) is 6.08 Å². The van der Waals surface area contributed by atoms with Gasteiger partial charge in [0.1, 0.15) is 6.73 Å². The number of methoxy groups -OCH3 is 1. The summed E-state index contributed by atoms with van der Waals surface area (Å²) in [6.07, 6.45) is 3.49. The van der Waals surface area contributed by atoms with Crippen LogP contribution in [0.2, 0.25) is 0 Å². The van der Waals surface area contributed by atoms with Gasteiger partial charge in [-0.1, -0.05) is 0 Å². The maximum atomic E-state index is 10.9. The predicted octanol–water partition coefficient (Wildman–Crippen LogP) is 0.129. The summed E-state index contributed by atoms with van der Waals surface area (Å²) in [6.45, 7) is 0.968. The molecule has 0 aromatic heterocycles. The first-order valence-corrected chi connectivity index (χ1v) is 3.04. The average Bonchev–Trinajstić information content (AvgIpc) is 1.94. The number of amides is 2. The number of rotatable bonds is 2. The number of ether oxygens (including phenoxy) is 1. The van der Waals surface area contributed by atoms with Crippen molar-refractivity contribution in [3.63, 3.8) is 0 Å². The van der Waals surface area contributed by atoms with Crippen LogP contribution >= 0.6 is 0 Å². The van der Waals surface area contributed by atoms with Crippen molar-refractivity contribution in [3.05, 3.63) is 12.3 Å². The van der Waals surface area contributed by atoms with Gasteiger partial charge in [0.2, 0.25) is 0 Å². The molecular formula is C6H10N2O2. The lowest BCUT2D eigenvalue weighted by Gasteiger charge is -2.22. The summed E-state index contributed by atoms with van der Waals surface area (Å²) in [5.74, 6) is 0. The van der Waals surface area contributed by atoms with E-state index in [1.807, 2.05) is 6.08 Å². The van der Waals surface area contributed by atoms with Crippen LogP contribution in [0.1, 0.15) is 0 Å². The Morgan fingerprint density at radius 1 is 1.90 bits per heavy atom. The monoisotopic (exact) mass is 142 g/mol. The largest absolute Gasteiger partial charge is 0.364 e. The fraction of sp³-hybridized carbons (Fsp3) is 0.500. The Hall–Kier alpha value is -1.03. The normalized spacial score (nSPS) is 17.3. The number of carbonyl (C=O) groups excluding carboxylic acids is 1. The van der Waals surface area contributed by atoms with Crippen LogP contribution in [0.4, 0.5) is 4.79 Å². The number of hydrogen-bond donors (Lipinski definition) is 1. The Bertz CT molecular complexity index is 156. The van der Waals surface area contributed by atoms with Gasteiger partial charge in [0, 0.05) is 19.9 Å². The third-order valence-electron chi connectivity index (χ3n) is 1.22. The highest BCUT2D eigenvalue weighted by atomic mass is 16.5. The average molecular weight is 142 g/mol. The molecule has 1 N–H and O–H groups in total. The van der Waals surface area contributed by atoms with Gasteiger partial charge in [-0.25, -0.2) is 4.79 Å². The van der Waals surface area contributed by atoms with E-state index in [4.69, 9.17) is 4.74 Å². The fourth-order valence-electron chi connectivity index (χ4n) is 0.752. The fourth-order valence-corrected chi connectivity index (χ4v) is 0.752. The molecule has 0 aromatic carbocycles. The van der Waals surface area contributed by atoms with Crippen molar-refractivity contribution in [2.45, 2.75) is 0 Å². The zero-order chi connectivity index (χ0) is 7.40. The molecule has 0 saturated carbocycles. The number of hydrogen-bond acceptors (Lipinski definition) is 2. The molecule has 0 unspecified atom stereocenters. The lowest BCUT2D eigenvalue weighted by atomic mass is 10.5. The number of carbonyl (C=O) groups is 1. The van der Waals surface area contributed by atoms with Crippen LogP contribution in [-0.4, -0.2) is 31.3 Å². The summed E-state index contributed by atoms with van der Waals surface area (Å²) in [4.78, 5) is 12.4. The van der Waals surface area contributed by atoms with E-state index in [1.54, 1.807) is 18.2 Å². The minimum Gasteiger partial charge on any atom is -0.364 e. The van der Waals surface area contributed by atoms with Gasteiger partial charge in [0.25, 0.3) is 0 Å². The van der Waals surface area contributed by atoms with Gasteiger partial charge in [-0.3, -0.25) is 4.90 Å². The van der Waals surface area contributed by atoms with E-state index < -0.39 is 0 Å². The summed E-state index contributed by atoms with van der Waals surface area (Å²) >= 11 is 0. The molecule has 1 aliphatic rings. The minimum absolute atomic E-state index is 0.107. The Morgan fingerprint density at radius 2 is 2.70 bits per heavy atom. The summed E-state index contributed by atoms with van der Waals surface area (Å²) in [6, 6.07) is -0.107. The summed E-state index contributed by atoms with van der Waals surface area (Å²) in [5, 5.41) is 2.54. The Morgan fingerprint density at radius 3 is 3.30 bits per heavy atom. The summed E-state index contributed by atoms with van der Waals surface area (Å²) in [5.41, 5.74) is 0. The molecule has 56 valence electrons. The van der Waals surface area contributed by atoms with Crippen LogP contribution in [0.5, 0.6) is 0 Å². The van der Waals surface area contributed by atoms with Crippen molar-refractivity contribution in [1.29, 1.82) is 0 Å². The van der Waals surface area contributed by atoms with Crippen LogP contribution in [0, 0.1) is 0 Å². The van der Waals surface area contributed by atoms with Gasteiger partial charge in [0.15, 0.2) is 0 Å². The van der Waals surface area contributed by atoms with Crippen LogP contribution in [0.25, 0.3) is 0 Å². The van der Waals surface area contributed by atoms with Gasteiger partial charge in [-0.2, -0.15) is 0 Å². The van der Waals surface area contributed by atoms with Crippen molar-refractivity contribution in [2.24, 2.45) is 0 Å². The van der Waals surface area contributed by atoms with Gasteiger partial charge >= 0.3 is 6.03 Å². The summed E-state index contributed by atoms with van der Waals surface area (Å²) < 4.78 is 4.78. The first kappa shape index (κ1) is 7.08. The molecule has 0 saturated heterocycles. The predicted molar refractivity (Wildman–Crippen MR) is 36.3 cm³/mol. The van der Waals surface area contributed by atoms with Crippen molar-refractivity contribution in [1.82, 2.24) is 10.2 Å². The number of nitrogens with zero attached hydrogens (tertiary/aromatic N) is 1. The highest BCUT2D eigenvalue weighted by Gasteiger charge is 2.12. The maximum absolute atomic E-state index is 10.9. The van der Waals surface area contributed by atoms with Crippen LogP contribution < -0.4 is 5.32 Å². The Labute approximate surface area is 59.5 Å². The van der Waals surface area contributed by atoms with E-state index in [2.05, 4.69) is 5.32 Å². The lowest BCUT2D eigenvalue weighted by molar-refractivity contribution is 0.0886. The molecule has 10 heavy (non-hydrogen) atoms. The van der Waals surface area contributed by atoms with E-state index >= 15 is 0 Å². The molecule has 4 nitrogen and oxygen atoms in total. The molecule has 0 spiro atoms. The third-order valence-corrected chi connectivity index (χ3v) is 1.22. The molecule has 1 aliphatic heterocycles. The zero-order valence-corrected chi connectivity index (χ0v) is 5.83. The van der Waals surface area contributed by atoms with Gasteiger partial charge < -0.3 is 10.1 Å². The van der Waals surface area contributed by atoms with E-state index in [-0.39, 0.29) is 6.03 Å². The molecule has 4 heteroatoms.